The van der Waals surface area contributed by atoms with E-state index in [-0.39, 0.29) is 24.4 Å². The number of hydrogen-bond acceptors (Lipinski definition) is 3. The number of likely N-dealkylation sites (tertiary alicyclic amines) is 1. The molecule has 0 aromatic heterocycles. The summed E-state index contributed by atoms with van der Waals surface area (Å²) in [4.78, 5) is 36.0. The number of halogens is 2. The number of carboxylic acid groups (broad SMARTS) is 1. The highest BCUT2D eigenvalue weighted by molar-refractivity contribution is 5.80. The molecule has 2 unspecified atom stereocenters. The molecular weight excluding hydrogens is 322 g/mol. The predicted molar refractivity (Wildman–Crippen MR) is 79.9 cm³/mol. The topological polar surface area (TPSA) is 86.7 Å². The minimum atomic E-state index is -0.965. The van der Waals surface area contributed by atoms with Crippen molar-refractivity contribution >= 4 is 17.8 Å². The van der Waals surface area contributed by atoms with Gasteiger partial charge in [-0.15, -0.1) is 0 Å². The summed E-state index contributed by atoms with van der Waals surface area (Å²) in [7, 11) is 0. The fourth-order valence-electron chi connectivity index (χ4n) is 2.76. The molecule has 0 saturated carbocycles. The van der Waals surface area contributed by atoms with E-state index < -0.39 is 35.5 Å². The van der Waals surface area contributed by atoms with Crippen molar-refractivity contribution in [3.05, 3.63) is 35.4 Å². The summed E-state index contributed by atoms with van der Waals surface area (Å²) in [5.41, 5.74) is 0.00827. The summed E-state index contributed by atoms with van der Waals surface area (Å²) in [6.45, 7) is 1.62. The highest BCUT2D eigenvalue weighted by Gasteiger charge is 2.32. The largest absolute Gasteiger partial charge is 0.481 e. The molecule has 0 radical (unpaired) electrons. The van der Waals surface area contributed by atoms with Crippen LogP contribution in [0.2, 0.25) is 0 Å². The molecule has 0 spiro atoms. The van der Waals surface area contributed by atoms with Crippen LogP contribution in [0.25, 0.3) is 0 Å². The van der Waals surface area contributed by atoms with Crippen molar-refractivity contribution in [3.63, 3.8) is 0 Å². The zero-order chi connectivity index (χ0) is 17.9. The lowest BCUT2D eigenvalue weighted by atomic mass is 10.0. The van der Waals surface area contributed by atoms with Crippen LogP contribution in [0.5, 0.6) is 0 Å². The highest BCUT2D eigenvalue weighted by Crippen LogP contribution is 2.24. The van der Waals surface area contributed by atoms with Gasteiger partial charge < -0.3 is 15.3 Å². The molecule has 130 valence electrons. The molecule has 1 aromatic carbocycles. The van der Waals surface area contributed by atoms with Crippen LogP contribution in [-0.2, 0) is 14.4 Å². The Hall–Kier alpha value is -2.51. The van der Waals surface area contributed by atoms with Gasteiger partial charge in [-0.05, 0) is 12.5 Å². The Kier molecular flexibility index (Phi) is 5.48. The van der Waals surface area contributed by atoms with Crippen LogP contribution >= 0.6 is 0 Å². The maximum atomic E-state index is 14.0. The van der Waals surface area contributed by atoms with Crippen LogP contribution in [0.3, 0.4) is 0 Å². The van der Waals surface area contributed by atoms with E-state index in [2.05, 4.69) is 5.32 Å². The summed E-state index contributed by atoms with van der Waals surface area (Å²) in [5.74, 6) is -4.04. The SMILES string of the molecule is CC(=O)NC(CC(=O)N1CCC(C(=O)O)C1)c1ccc(F)cc1F. The summed E-state index contributed by atoms with van der Waals surface area (Å²) in [6.07, 6.45) is 0.130. The lowest BCUT2D eigenvalue weighted by molar-refractivity contribution is -0.141. The Morgan fingerprint density at radius 3 is 2.62 bits per heavy atom. The second-order valence-corrected chi connectivity index (χ2v) is 5.79. The molecule has 2 atom stereocenters. The number of rotatable bonds is 5. The molecule has 1 fully saturated rings. The van der Waals surface area contributed by atoms with Crippen molar-refractivity contribution in [2.75, 3.05) is 13.1 Å². The van der Waals surface area contributed by atoms with Gasteiger partial charge in [-0.3, -0.25) is 14.4 Å². The van der Waals surface area contributed by atoms with Crippen molar-refractivity contribution in [1.82, 2.24) is 10.2 Å². The number of aliphatic carboxylic acids is 1. The maximum absolute atomic E-state index is 14.0. The van der Waals surface area contributed by atoms with Crippen LogP contribution < -0.4 is 5.32 Å². The maximum Gasteiger partial charge on any atom is 0.308 e. The van der Waals surface area contributed by atoms with Gasteiger partial charge in [-0.2, -0.15) is 0 Å². The van der Waals surface area contributed by atoms with Crippen LogP contribution in [0.4, 0.5) is 8.78 Å². The normalized spacial score (nSPS) is 18.3. The first-order valence-electron chi connectivity index (χ1n) is 7.50. The molecule has 1 aliphatic heterocycles. The van der Waals surface area contributed by atoms with E-state index in [9.17, 15) is 23.2 Å². The Morgan fingerprint density at radius 1 is 1.38 bits per heavy atom. The Balaban J connectivity index is 2.13. The van der Waals surface area contributed by atoms with Crippen LogP contribution in [-0.4, -0.2) is 40.9 Å². The van der Waals surface area contributed by atoms with Crippen molar-refractivity contribution < 1.29 is 28.3 Å². The van der Waals surface area contributed by atoms with Gasteiger partial charge in [0.15, 0.2) is 0 Å². The second-order valence-electron chi connectivity index (χ2n) is 5.79. The van der Waals surface area contributed by atoms with E-state index >= 15 is 0 Å². The van der Waals surface area contributed by atoms with Gasteiger partial charge in [-0.25, -0.2) is 8.78 Å². The molecule has 1 aliphatic rings. The highest BCUT2D eigenvalue weighted by atomic mass is 19.1. The number of carbonyl (C=O) groups is 3. The zero-order valence-corrected chi connectivity index (χ0v) is 13.1. The Morgan fingerprint density at radius 2 is 2.08 bits per heavy atom. The average molecular weight is 340 g/mol. The smallest absolute Gasteiger partial charge is 0.308 e. The van der Waals surface area contributed by atoms with Gasteiger partial charge in [0.05, 0.1) is 18.4 Å². The molecule has 1 saturated heterocycles. The number of nitrogens with zero attached hydrogens (tertiary/aromatic N) is 1. The predicted octanol–water partition coefficient (Wildman–Crippen LogP) is 1.47. The minimum Gasteiger partial charge on any atom is -0.481 e. The molecule has 1 aromatic rings. The van der Waals surface area contributed by atoms with E-state index in [1.165, 1.54) is 17.9 Å². The molecular formula is C16H18F2N2O4. The number of carboxylic acids is 1. The number of carbonyl (C=O) groups excluding carboxylic acids is 2. The average Bonchev–Trinajstić information content (AvgIpc) is 2.96. The van der Waals surface area contributed by atoms with Crippen molar-refractivity contribution in [2.45, 2.75) is 25.8 Å². The molecule has 0 aliphatic carbocycles. The van der Waals surface area contributed by atoms with Crippen molar-refractivity contribution in [2.24, 2.45) is 5.92 Å². The molecule has 2 N–H and O–H groups in total. The van der Waals surface area contributed by atoms with Crippen molar-refractivity contribution in [3.8, 4) is 0 Å². The van der Waals surface area contributed by atoms with Gasteiger partial charge in [-0.1, -0.05) is 6.07 Å². The summed E-state index contributed by atoms with van der Waals surface area (Å²) >= 11 is 0. The molecule has 2 amide bonds. The first-order valence-corrected chi connectivity index (χ1v) is 7.50. The summed E-state index contributed by atoms with van der Waals surface area (Å²) in [5, 5.41) is 11.5. The molecule has 8 heteroatoms. The van der Waals surface area contributed by atoms with Gasteiger partial charge in [0.1, 0.15) is 11.6 Å². The molecule has 6 nitrogen and oxygen atoms in total. The Labute approximate surface area is 137 Å². The molecule has 1 heterocycles. The quantitative estimate of drug-likeness (QED) is 0.850. The second kappa shape index (κ2) is 7.37. The number of nitrogens with one attached hydrogen (secondary N) is 1. The first kappa shape index (κ1) is 17.8. The third kappa shape index (κ3) is 4.27. The fourth-order valence-corrected chi connectivity index (χ4v) is 2.76. The summed E-state index contributed by atoms with van der Waals surface area (Å²) in [6, 6.07) is 1.97. The van der Waals surface area contributed by atoms with Crippen molar-refractivity contribution in [1.29, 1.82) is 0 Å². The molecule has 24 heavy (non-hydrogen) atoms. The van der Waals surface area contributed by atoms with Gasteiger partial charge in [0.25, 0.3) is 0 Å². The van der Waals surface area contributed by atoms with E-state index in [4.69, 9.17) is 5.11 Å². The number of hydrogen-bond donors (Lipinski definition) is 2. The lowest BCUT2D eigenvalue weighted by Gasteiger charge is -2.22. The van der Waals surface area contributed by atoms with Gasteiger partial charge in [0.2, 0.25) is 11.8 Å². The fraction of sp³-hybridized carbons (Fsp3) is 0.438. The zero-order valence-electron chi connectivity index (χ0n) is 13.1. The van der Waals surface area contributed by atoms with Gasteiger partial charge in [0, 0.05) is 31.6 Å². The minimum absolute atomic E-state index is 0.00827. The van der Waals surface area contributed by atoms with E-state index in [1.54, 1.807) is 0 Å². The monoisotopic (exact) mass is 340 g/mol. The molecule has 0 bridgehead atoms. The lowest BCUT2D eigenvalue weighted by Crippen LogP contribution is -2.35. The third-order valence-electron chi connectivity index (χ3n) is 3.98. The van der Waals surface area contributed by atoms with E-state index in [0.717, 1.165) is 6.07 Å². The third-order valence-corrected chi connectivity index (χ3v) is 3.98. The van der Waals surface area contributed by atoms with Crippen LogP contribution in [0.1, 0.15) is 31.4 Å². The van der Waals surface area contributed by atoms with E-state index in [1.807, 2.05) is 0 Å². The van der Waals surface area contributed by atoms with E-state index in [0.29, 0.717) is 19.0 Å². The standard InChI is InChI=1S/C16H18F2N2O4/c1-9(21)19-14(12-3-2-11(17)6-13(12)18)7-15(22)20-5-4-10(8-20)16(23)24/h2-3,6,10,14H,4-5,7-8H2,1H3,(H,19,21)(H,23,24). The molecule has 2 rings (SSSR count). The number of amides is 2. The number of benzene rings is 1. The van der Waals surface area contributed by atoms with Gasteiger partial charge >= 0.3 is 5.97 Å². The van der Waals surface area contributed by atoms with Crippen LogP contribution in [0.15, 0.2) is 18.2 Å². The Bertz CT molecular complexity index is 665. The summed E-state index contributed by atoms with van der Waals surface area (Å²) < 4.78 is 27.0. The first-order chi connectivity index (χ1) is 11.3. The van der Waals surface area contributed by atoms with Crippen LogP contribution in [0, 0.1) is 17.6 Å².